The first kappa shape index (κ1) is 18.5. The maximum Gasteiger partial charge on any atom is 0.191 e. The number of nitrogens with zero attached hydrogens (tertiary/aromatic N) is 3. The van der Waals surface area contributed by atoms with Crippen molar-refractivity contribution in [1.82, 2.24) is 15.6 Å². The summed E-state index contributed by atoms with van der Waals surface area (Å²) in [6.45, 7) is 3.73. The molecule has 0 unspecified atom stereocenters. The van der Waals surface area contributed by atoms with Crippen LogP contribution in [0.25, 0.3) is 0 Å². The van der Waals surface area contributed by atoms with Gasteiger partial charge in [0.15, 0.2) is 5.96 Å². The Kier molecular flexibility index (Phi) is 6.72. The molecular formula is C20H26ClN5. The van der Waals surface area contributed by atoms with Crippen molar-refractivity contribution in [3.63, 3.8) is 0 Å². The molecule has 0 atom stereocenters. The van der Waals surface area contributed by atoms with Gasteiger partial charge in [0.1, 0.15) is 5.82 Å². The van der Waals surface area contributed by atoms with E-state index in [1.54, 1.807) is 7.05 Å². The predicted molar refractivity (Wildman–Crippen MR) is 109 cm³/mol. The molecule has 1 aliphatic heterocycles. The van der Waals surface area contributed by atoms with Gasteiger partial charge in [-0.3, -0.25) is 4.99 Å². The summed E-state index contributed by atoms with van der Waals surface area (Å²) in [6.07, 6.45) is 5.37. The van der Waals surface area contributed by atoms with E-state index in [1.807, 2.05) is 24.4 Å². The number of hydrogen-bond donors (Lipinski definition) is 2. The number of rotatable bonds is 6. The first-order chi connectivity index (χ1) is 12.7. The van der Waals surface area contributed by atoms with E-state index in [0.29, 0.717) is 6.54 Å². The number of guanidine groups is 1. The van der Waals surface area contributed by atoms with Crippen LogP contribution in [0.3, 0.4) is 0 Å². The van der Waals surface area contributed by atoms with Crippen LogP contribution >= 0.6 is 11.6 Å². The minimum absolute atomic E-state index is 0.699. The molecule has 0 radical (unpaired) electrons. The van der Waals surface area contributed by atoms with Crippen LogP contribution < -0.4 is 15.5 Å². The van der Waals surface area contributed by atoms with E-state index >= 15 is 0 Å². The molecule has 26 heavy (non-hydrogen) atoms. The summed E-state index contributed by atoms with van der Waals surface area (Å²) in [7, 11) is 1.78. The molecular weight excluding hydrogens is 346 g/mol. The third-order valence-electron chi connectivity index (χ3n) is 4.52. The number of pyridine rings is 1. The lowest BCUT2D eigenvalue weighted by molar-refractivity contribution is 0.792. The van der Waals surface area contributed by atoms with Crippen molar-refractivity contribution in [1.29, 1.82) is 0 Å². The maximum absolute atomic E-state index is 6.02. The minimum atomic E-state index is 0.699. The Labute approximate surface area is 160 Å². The van der Waals surface area contributed by atoms with Crippen LogP contribution in [0.5, 0.6) is 0 Å². The Morgan fingerprint density at radius 1 is 1.15 bits per heavy atom. The molecule has 1 aliphatic rings. The van der Waals surface area contributed by atoms with Gasteiger partial charge in [-0.2, -0.15) is 0 Å². The highest BCUT2D eigenvalue weighted by atomic mass is 35.5. The average molecular weight is 372 g/mol. The number of aliphatic imine (C=N–C) groups is 1. The molecule has 5 nitrogen and oxygen atoms in total. The molecule has 0 saturated carbocycles. The molecule has 2 heterocycles. The zero-order chi connectivity index (χ0) is 18.2. The van der Waals surface area contributed by atoms with Gasteiger partial charge in [0.05, 0.1) is 0 Å². The summed E-state index contributed by atoms with van der Waals surface area (Å²) < 4.78 is 0. The molecule has 1 fully saturated rings. The van der Waals surface area contributed by atoms with Crippen molar-refractivity contribution in [2.24, 2.45) is 4.99 Å². The van der Waals surface area contributed by atoms with Gasteiger partial charge in [-0.05, 0) is 48.6 Å². The summed E-state index contributed by atoms with van der Waals surface area (Å²) in [4.78, 5) is 11.2. The Morgan fingerprint density at radius 3 is 2.69 bits per heavy atom. The first-order valence-electron chi connectivity index (χ1n) is 9.13. The fraction of sp³-hybridized carbons (Fsp3) is 0.400. The molecule has 0 bridgehead atoms. The van der Waals surface area contributed by atoms with Crippen LogP contribution in [0.1, 0.15) is 24.0 Å². The molecule has 6 heteroatoms. The lowest BCUT2D eigenvalue weighted by atomic mass is 10.1. The second-order valence-corrected chi connectivity index (χ2v) is 6.89. The third kappa shape index (κ3) is 5.36. The van der Waals surface area contributed by atoms with Crippen molar-refractivity contribution in [2.75, 3.05) is 31.6 Å². The largest absolute Gasteiger partial charge is 0.357 e. The van der Waals surface area contributed by atoms with E-state index in [4.69, 9.17) is 11.6 Å². The Hall–Kier alpha value is -2.27. The Morgan fingerprint density at radius 2 is 2.00 bits per heavy atom. The van der Waals surface area contributed by atoms with Gasteiger partial charge >= 0.3 is 0 Å². The quantitative estimate of drug-likeness (QED) is 0.604. The summed E-state index contributed by atoms with van der Waals surface area (Å²) in [6, 6.07) is 12.2. The highest BCUT2D eigenvalue weighted by Crippen LogP contribution is 2.17. The molecule has 0 amide bonds. The number of anilines is 1. The van der Waals surface area contributed by atoms with Crippen LogP contribution in [0.2, 0.25) is 5.02 Å². The normalized spacial score (nSPS) is 14.5. The van der Waals surface area contributed by atoms with E-state index in [0.717, 1.165) is 48.4 Å². The molecule has 0 aliphatic carbocycles. The average Bonchev–Trinajstić information content (AvgIpc) is 3.20. The number of nitrogens with one attached hydrogen (secondary N) is 2. The molecule has 1 saturated heterocycles. The number of halogens is 1. The Bertz CT molecular complexity index is 723. The zero-order valence-electron chi connectivity index (χ0n) is 15.2. The third-order valence-corrected chi connectivity index (χ3v) is 4.75. The van der Waals surface area contributed by atoms with E-state index in [1.165, 1.54) is 18.4 Å². The smallest absolute Gasteiger partial charge is 0.191 e. The molecule has 138 valence electrons. The summed E-state index contributed by atoms with van der Waals surface area (Å²) in [5.74, 6) is 1.87. The van der Waals surface area contributed by atoms with Crippen molar-refractivity contribution < 1.29 is 0 Å². The van der Waals surface area contributed by atoms with E-state index in [-0.39, 0.29) is 0 Å². The van der Waals surface area contributed by atoms with Gasteiger partial charge in [-0.15, -0.1) is 0 Å². The maximum atomic E-state index is 6.02. The van der Waals surface area contributed by atoms with Gasteiger partial charge in [0.25, 0.3) is 0 Å². The highest BCUT2D eigenvalue weighted by Gasteiger charge is 2.12. The molecule has 1 aromatic heterocycles. The molecule has 2 aromatic rings. The van der Waals surface area contributed by atoms with Gasteiger partial charge in [-0.1, -0.05) is 29.8 Å². The fourth-order valence-corrected chi connectivity index (χ4v) is 3.29. The van der Waals surface area contributed by atoms with Crippen LogP contribution in [0.4, 0.5) is 5.82 Å². The summed E-state index contributed by atoms with van der Waals surface area (Å²) in [5.41, 5.74) is 2.35. The van der Waals surface area contributed by atoms with E-state index in [9.17, 15) is 0 Å². The lowest BCUT2D eigenvalue weighted by Gasteiger charge is -2.16. The Balaban J connectivity index is 1.43. The highest BCUT2D eigenvalue weighted by molar-refractivity contribution is 6.30. The number of benzene rings is 1. The second-order valence-electron chi connectivity index (χ2n) is 6.45. The SMILES string of the molecule is CN=C(NCCc1cccc(Cl)c1)NCc1ccc(N2CCCC2)nc1. The van der Waals surface area contributed by atoms with Gasteiger partial charge in [-0.25, -0.2) is 4.98 Å². The minimum Gasteiger partial charge on any atom is -0.357 e. The van der Waals surface area contributed by atoms with E-state index in [2.05, 4.69) is 43.7 Å². The van der Waals surface area contributed by atoms with Crippen molar-refractivity contribution in [3.05, 3.63) is 58.7 Å². The zero-order valence-corrected chi connectivity index (χ0v) is 16.0. The summed E-state index contributed by atoms with van der Waals surface area (Å²) >= 11 is 6.02. The second kappa shape index (κ2) is 9.43. The van der Waals surface area contributed by atoms with Gasteiger partial charge in [0.2, 0.25) is 0 Å². The van der Waals surface area contributed by atoms with Crippen molar-refractivity contribution >= 4 is 23.4 Å². The fourth-order valence-electron chi connectivity index (χ4n) is 3.08. The van der Waals surface area contributed by atoms with Crippen LogP contribution in [-0.2, 0) is 13.0 Å². The molecule has 2 N–H and O–H groups in total. The molecule has 1 aromatic carbocycles. The molecule has 3 rings (SSSR count). The topological polar surface area (TPSA) is 52.6 Å². The monoisotopic (exact) mass is 371 g/mol. The van der Waals surface area contributed by atoms with Crippen LogP contribution in [0.15, 0.2) is 47.6 Å². The van der Waals surface area contributed by atoms with Crippen molar-refractivity contribution in [2.45, 2.75) is 25.8 Å². The molecule has 0 spiro atoms. The van der Waals surface area contributed by atoms with Gasteiger partial charge in [0, 0.05) is 44.4 Å². The summed E-state index contributed by atoms with van der Waals surface area (Å²) in [5, 5.41) is 7.44. The van der Waals surface area contributed by atoms with Gasteiger partial charge < -0.3 is 15.5 Å². The van der Waals surface area contributed by atoms with Crippen LogP contribution in [-0.4, -0.2) is 37.6 Å². The standard InChI is InChI=1S/C20H26ClN5/c1-22-20(23-10-9-16-5-4-6-18(21)13-16)25-15-17-7-8-19(24-14-17)26-11-2-3-12-26/h4-8,13-14H,2-3,9-12,15H2,1H3,(H2,22,23,25). The van der Waals surface area contributed by atoms with Crippen LogP contribution in [0, 0.1) is 0 Å². The number of hydrogen-bond acceptors (Lipinski definition) is 3. The number of aromatic nitrogens is 1. The van der Waals surface area contributed by atoms with E-state index < -0.39 is 0 Å². The predicted octanol–water partition coefficient (Wildman–Crippen LogP) is 3.24. The van der Waals surface area contributed by atoms with Crippen molar-refractivity contribution in [3.8, 4) is 0 Å². The first-order valence-corrected chi connectivity index (χ1v) is 9.51. The lowest BCUT2D eigenvalue weighted by Crippen LogP contribution is -2.37.